The molecule has 0 saturated carbocycles. The first-order valence-corrected chi connectivity index (χ1v) is 14.4. The highest BCUT2D eigenvalue weighted by Crippen LogP contribution is 2.42. The maximum Gasteiger partial charge on any atom is 0.261 e. The number of benzene rings is 1. The van der Waals surface area contributed by atoms with E-state index < -0.39 is 11.7 Å². The third kappa shape index (κ3) is 4.66. The number of H-pyrrole nitrogens is 1. The molecule has 1 atom stereocenters. The van der Waals surface area contributed by atoms with Gasteiger partial charge in [0.05, 0.1) is 30.0 Å². The number of aromatic nitrogens is 4. The van der Waals surface area contributed by atoms with Gasteiger partial charge in [0.2, 0.25) is 0 Å². The number of nitrogens with zero attached hydrogens (tertiary/aromatic N) is 5. The van der Waals surface area contributed by atoms with Gasteiger partial charge in [-0.25, -0.2) is 27.5 Å². The summed E-state index contributed by atoms with van der Waals surface area (Å²) in [6, 6.07) is 8.16. The molecule has 2 fully saturated rings. The number of aliphatic imine (C=N–C) groups is 1. The predicted molar refractivity (Wildman–Crippen MR) is 157 cm³/mol. The molecule has 6 heterocycles. The van der Waals surface area contributed by atoms with Crippen molar-refractivity contribution in [3.63, 3.8) is 0 Å². The van der Waals surface area contributed by atoms with E-state index in [4.69, 9.17) is 9.98 Å². The van der Waals surface area contributed by atoms with Gasteiger partial charge in [0.25, 0.3) is 5.92 Å². The lowest BCUT2D eigenvalue weighted by atomic mass is 10.0. The van der Waals surface area contributed by atoms with Crippen LogP contribution < -0.4 is 10.6 Å². The summed E-state index contributed by atoms with van der Waals surface area (Å²) >= 11 is 0. The number of hydrogen-bond donors (Lipinski definition) is 3. The average molecular weight is 599 g/mol. The second-order valence-corrected chi connectivity index (χ2v) is 11.4. The minimum absolute atomic E-state index is 0.116. The molecule has 3 aliphatic heterocycles. The SMILES string of the molecule is Fc1ccccc1C1=CC=C2NC2c2[nH]c(C3=NCCNc4ncc(-c5cncc(CN6CCC(F)(F)C6)c5)c(F)c43)nc21. The summed E-state index contributed by atoms with van der Waals surface area (Å²) < 4.78 is 59.0. The molecule has 1 aliphatic carbocycles. The summed E-state index contributed by atoms with van der Waals surface area (Å²) in [4.78, 5) is 23.4. The van der Waals surface area contributed by atoms with E-state index in [1.165, 1.54) is 18.5 Å². The van der Waals surface area contributed by atoms with E-state index >= 15 is 4.39 Å². The summed E-state index contributed by atoms with van der Waals surface area (Å²) in [7, 11) is 0. The Balaban J connectivity index is 1.19. The van der Waals surface area contributed by atoms with Gasteiger partial charge in [0.15, 0.2) is 5.82 Å². The summed E-state index contributed by atoms with van der Waals surface area (Å²) in [6.45, 7) is 1.05. The Morgan fingerprint density at radius 2 is 1.93 bits per heavy atom. The van der Waals surface area contributed by atoms with Gasteiger partial charge in [-0.15, -0.1) is 0 Å². The van der Waals surface area contributed by atoms with Gasteiger partial charge in [-0.3, -0.25) is 14.9 Å². The zero-order valence-electron chi connectivity index (χ0n) is 23.3. The van der Waals surface area contributed by atoms with E-state index in [2.05, 4.69) is 25.6 Å². The van der Waals surface area contributed by atoms with Crippen LogP contribution in [0.25, 0.3) is 16.7 Å². The Labute approximate surface area is 249 Å². The number of allylic oxidation sites excluding steroid dienone is 2. The van der Waals surface area contributed by atoms with Crippen molar-refractivity contribution in [2.75, 3.05) is 31.5 Å². The first kappa shape index (κ1) is 26.8. The van der Waals surface area contributed by atoms with Crippen LogP contribution in [0.5, 0.6) is 0 Å². The predicted octanol–water partition coefficient (Wildman–Crippen LogP) is 5.22. The number of nitrogens with one attached hydrogen (secondary N) is 3. The highest BCUT2D eigenvalue weighted by molar-refractivity contribution is 6.15. The smallest absolute Gasteiger partial charge is 0.261 e. The molecule has 1 unspecified atom stereocenters. The lowest BCUT2D eigenvalue weighted by molar-refractivity contribution is 0.0115. The minimum atomic E-state index is -2.70. The molecule has 8 rings (SSSR count). The summed E-state index contributed by atoms with van der Waals surface area (Å²) in [5.74, 6) is -2.96. The number of fused-ring (bicyclic) bond motifs is 4. The van der Waals surface area contributed by atoms with Crippen LogP contribution in [0.2, 0.25) is 0 Å². The van der Waals surface area contributed by atoms with E-state index in [1.54, 1.807) is 35.4 Å². The van der Waals surface area contributed by atoms with Gasteiger partial charge in [-0.2, -0.15) is 0 Å². The van der Waals surface area contributed by atoms with Crippen molar-refractivity contribution >= 4 is 17.1 Å². The van der Waals surface area contributed by atoms with Gasteiger partial charge in [-0.05, 0) is 23.8 Å². The first-order valence-electron chi connectivity index (χ1n) is 14.4. The molecule has 0 radical (unpaired) electrons. The number of rotatable bonds is 5. The molecule has 3 aromatic heterocycles. The fourth-order valence-electron chi connectivity index (χ4n) is 6.14. The maximum atomic E-state index is 16.6. The lowest BCUT2D eigenvalue weighted by Gasteiger charge is -2.16. The van der Waals surface area contributed by atoms with Crippen LogP contribution in [0.1, 0.15) is 46.4 Å². The molecular weight excluding hydrogens is 572 g/mol. The summed E-state index contributed by atoms with van der Waals surface area (Å²) in [5.41, 5.74) is 5.13. The molecule has 2 saturated heterocycles. The maximum absolute atomic E-state index is 16.6. The largest absolute Gasteiger partial charge is 0.373 e. The number of anilines is 1. The molecule has 3 N–H and O–H groups in total. The van der Waals surface area contributed by atoms with Crippen molar-refractivity contribution in [1.82, 2.24) is 30.2 Å². The van der Waals surface area contributed by atoms with Gasteiger partial charge < -0.3 is 15.6 Å². The zero-order valence-corrected chi connectivity index (χ0v) is 23.3. The third-order valence-corrected chi connectivity index (χ3v) is 8.32. The van der Waals surface area contributed by atoms with Crippen LogP contribution in [-0.4, -0.2) is 62.6 Å². The van der Waals surface area contributed by atoms with Gasteiger partial charge in [0, 0.05) is 72.6 Å². The van der Waals surface area contributed by atoms with Crippen molar-refractivity contribution in [3.8, 4) is 11.1 Å². The van der Waals surface area contributed by atoms with Crippen molar-refractivity contribution in [2.24, 2.45) is 4.99 Å². The lowest BCUT2D eigenvalue weighted by Crippen LogP contribution is -2.24. The fraction of sp³-hybridized carbons (Fsp3) is 0.250. The number of halogens is 4. The number of likely N-dealkylation sites (tertiary alicyclic amines) is 1. The molecule has 4 aliphatic rings. The van der Waals surface area contributed by atoms with E-state index in [-0.39, 0.29) is 49.0 Å². The molecule has 44 heavy (non-hydrogen) atoms. The first-order chi connectivity index (χ1) is 21.3. The van der Waals surface area contributed by atoms with Crippen LogP contribution in [0.4, 0.5) is 23.4 Å². The van der Waals surface area contributed by atoms with E-state index in [1.807, 2.05) is 12.2 Å². The molecule has 0 spiro atoms. The van der Waals surface area contributed by atoms with Gasteiger partial charge in [0.1, 0.15) is 29.2 Å². The molecule has 8 nitrogen and oxygen atoms in total. The fourth-order valence-corrected chi connectivity index (χ4v) is 6.14. The quantitative estimate of drug-likeness (QED) is 0.215. The van der Waals surface area contributed by atoms with Crippen LogP contribution in [0, 0.1) is 11.6 Å². The monoisotopic (exact) mass is 598 g/mol. The average Bonchev–Trinajstić information content (AvgIpc) is 3.63. The van der Waals surface area contributed by atoms with Crippen molar-refractivity contribution in [3.05, 3.63) is 112 Å². The molecular formula is C32H26F4N8. The van der Waals surface area contributed by atoms with Crippen molar-refractivity contribution in [1.29, 1.82) is 0 Å². The standard InChI is InChI=1S/C32H26F4N8/c33-22-4-2-1-3-19(22)20-5-6-23-27(41-23)29-26(20)42-31(43-29)28-24-25(34)21(14-40-30(24)39-9-8-38-28)18-11-17(12-37-13-18)15-44-10-7-32(35,36)16-44/h1-6,11-14,27,41H,7-10,15-16H2,(H,39,40)(H,42,43). The second-order valence-electron chi connectivity index (χ2n) is 11.4. The minimum Gasteiger partial charge on any atom is -0.373 e. The van der Waals surface area contributed by atoms with E-state index in [9.17, 15) is 13.2 Å². The molecule has 0 bridgehead atoms. The highest BCUT2D eigenvalue weighted by atomic mass is 19.3. The topological polar surface area (TPSA) is 104 Å². The zero-order chi connectivity index (χ0) is 30.0. The molecule has 0 amide bonds. The Morgan fingerprint density at radius 1 is 1.05 bits per heavy atom. The second kappa shape index (κ2) is 10.1. The van der Waals surface area contributed by atoms with Crippen LogP contribution in [0.15, 0.2) is 71.8 Å². The Kier molecular flexibility index (Phi) is 6.16. The van der Waals surface area contributed by atoms with E-state index in [0.717, 1.165) is 11.4 Å². The Bertz CT molecular complexity index is 1910. The number of alkyl halides is 2. The number of pyridine rings is 2. The Hall–Kier alpha value is -4.84. The van der Waals surface area contributed by atoms with Crippen LogP contribution in [-0.2, 0) is 6.54 Å². The number of imidazole rings is 1. The third-order valence-electron chi connectivity index (χ3n) is 8.32. The van der Waals surface area contributed by atoms with Gasteiger partial charge >= 0.3 is 0 Å². The number of hydrogen-bond acceptors (Lipinski definition) is 7. The normalized spacial score (nSPS) is 20.1. The molecule has 222 valence electrons. The summed E-state index contributed by atoms with van der Waals surface area (Å²) in [5, 5.41) is 6.46. The van der Waals surface area contributed by atoms with Crippen molar-refractivity contribution < 1.29 is 17.6 Å². The van der Waals surface area contributed by atoms with E-state index in [0.29, 0.717) is 58.4 Å². The Morgan fingerprint density at radius 3 is 2.77 bits per heavy atom. The highest BCUT2D eigenvalue weighted by Gasteiger charge is 2.39. The molecule has 12 heteroatoms. The number of aromatic amines is 1. The molecule has 4 aromatic rings. The van der Waals surface area contributed by atoms with Gasteiger partial charge in [-0.1, -0.05) is 24.3 Å². The molecule has 1 aromatic carbocycles. The van der Waals surface area contributed by atoms with Crippen molar-refractivity contribution in [2.45, 2.75) is 24.9 Å². The van der Waals surface area contributed by atoms with Crippen LogP contribution in [0.3, 0.4) is 0 Å². The summed E-state index contributed by atoms with van der Waals surface area (Å²) in [6.07, 6.45) is 8.15. The van der Waals surface area contributed by atoms with Crippen LogP contribution >= 0.6 is 0 Å².